The van der Waals surface area contributed by atoms with E-state index >= 15 is 0 Å². The molecule has 6 nitrogen and oxygen atoms in total. The average molecular weight is 265 g/mol. The molecule has 0 spiro atoms. The Morgan fingerprint density at radius 3 is 3.05 bits per heavy atom. The number of hydrogen-bond donors (Lipinski definition) is 2. The fraction of sp³-hybridized carbons (Fsp3) is 0.538. The van der Waals surface area contributed by atoms with Gasteiger partial charge in [0.15, 0.2) is 0 Å². The predicted molar refractivity (Wildman–Crippen MR) is 70.5 cm³/mol. The summed E-state index contributed by atoms with van der Waals surface area (Å²) >= 11 is 0. The lowest BCUT2D eigenvalue weighted by atomic mass is 10.0. The van der Waals surface area contributed by atoms with Crippen molar-refractivity contribution in [3.8, 4) is 0 Å². The summed E-state index contributed by atoms with van der Waals surface area (Å²) in [6, 6.07) is 3.48. The first-order chi connectivity index (χ1) is 9.13. The summed E-state index contributed by atoms with van der Waals surface area (Å²) < 4.78 is 10.8. The molecule has 19 heavy (non-hydrogen) atoms. The Bertz CT molecular complexity index is 427. The van der Waals surface area contributed by atoms with Crippen molar-refractivity contribution in [2.24, 2.45) is 0 Å². The molecular weight excluding hydrogens is 246 g/mol. The summed E-state index contributed by atoms with van der Waals surface area (Å²) in [5, 5.41) is 2.86. The molecule has 1 aromatic rings. The molecule has 0 saturated carbocycles. The first kappa shape index (κ1) is 13.8. The Labute approximate surface area is 112 Å². The lowest BCUT2D eigenvalue weighted by molar-refractivity contribution is -0.122. The van der Waals surface area contributed by atoms with Crippen LogP contribution in [0.1, 0.15) is 12.1 Å². The van der Waals surface area contributed by atoms with Gasteiger partial charge in [0.25, 0.3) is 0 Å². The monoisotopic (exact) mass is 265 g/mol. The van der Waals surface area contributed by atoms with E-state index in [2.05, 4.69) is 10.3 Å². The zero-order valence-electron chi connectivity index (χ0n) is 11.0. The fourth-order valence-electron chi connectivity index (χ4n) is 1.99. The van der Waals surface area contributed by atoms with Crippen molar-refractivity contribution < 1.29 is 14.3 Å². The number of nitrogen functional groups attached to an aromatic ring is 1. The molecule has 1 atom stereocenters. The molecule has 1 unspecified atom stereocenters. The van der Waals surface area contributed by atoms with Crippen molar-refractivity contribution in [1.82, 2.24) is 10.3 Å². The number of hydrogen-bond acceptors (Lipinski definition) is 5. The molecule has 1 fully saturated rings. The first-order valence-corrected chi connectivity index (χ1v) is 6.24. The van der Waals surface area contributed by atoms with Crippen molar-refractivity contribution in [2.75, 3.05) is 32.6 Å². The summed E-state index contributed by atoms with van der Waals surface area (Å²) in [6.45, 7) is 1.64. The third kappa shape index (κ3) is 3.65. The van der Waals surface area contributed by atoms with Gasteiger partial charge < -0.3 is 20.5 Å². The Balaban J connectivity index is 1.82. The summed E-state index contributed by atoms with van der Waals surface area (Å²) in [6.07, 6.45) is 2.58. The van der Waals surface area contributed by atoms with Crippen LogP contribution in [0.15, 0.2) is 18.3 Å². The van der Waals surface area contributed by atoms with Crippen LogP contribution in [0, 0.1) is 0 Å². The number of pyridine rings is 1. The van der Waals surface area contributed by atoms with E-state index < -0.39 is 0 Å². The Hall–Kier alpha value is -1.66. The number of aromatic nitrogens is 1. The summed E-state index contributed by atoms with van der Waals surface area (Å²) in [7, 11) is 1.64. The fourth-order valence-corrected chi connectivity index (χ4v) is 1.99. The van der Waals surface area contributed by atoms with E-state index in [1.807, 2.05) is 0 Å². The third-order valence-corrected chi connectivity index (χ3v) is 3.30. The third-order valence-electron chi connectivity index (χ3n) is 3.30. The molecule has 3 N–H and O–H groups in total. The number of carbonyl (C=O) groups excluding carboxylic acids is 1. The molecule has 1 aromatic heterocycles. The number of nitrogens with zero attached hydrogens (tertiary/aromatic N) is 1. The van der Waals surface area contributed by atoms with E-state index in [1.54, 1.807) is 25.4 Å². The van der Waals surface area contributed by atoms with Crippen LogP contribution in [0.2, 0.25) is 0 Å². The first-order valence-electron chi connectivity index (χ1n) is 6.24. The SMILES string of the molecule is COC1(CNC(=O)Cc2ccc(N)cn2)CCOC1. The van der Waals surface area contributed by atoms with Crippen molar-refractivity contribution in [3.63, 3.8) is 0 Å². The quantitative estimate of drug-likeness (QED) is 0.790. The standard InChI is InChI=1S/C13H19N3O3/c1-18-13(4-5-19-9-13)8-16-12(17)6-11-3-2-10(14)7-15-11/h2-3,7H,4-6,8-9,14H2,1H3,(H,16,17). The number of ether oxygens (including phenoxy) is 2. The van der Waals surface area contributed by atoms with Gasteiger partial charge in [-0.05, 0) is 12.1 Å². The van der Waals surface area contributed by atoms with Gasteiger partial charge in [0.2, 0.25) is 5.91 Å². The van der Waals surface area contributed by atoms with Crippen LogP contribution in [0.4, 0.5) is 5.69 Å². The summed E-state index contributed by atoms with van der Waals surface area (Å²) in [4.78, 5) is 15.9. The molecular formula is C13H19N3O3. The van der Waals surface area contributed by atoms with Gasteiger partial charge in [-0.15, -0.1) is 0 Å². The van der Waals surface area contributed by atoms with Gasteiger partial charge in [0.1, 0.15) is 5.60 Å². The highest BCUT2D eigenvalue weighted by molar-refractivity contribution is 5.78. The van der Waals surface area contributed by atoms with Crippen molar-refractivity contribution in [2.45, 2.75) is 18.4 Å². The van der Waals surface area contributed by atoms with Crippen molar-refractivity contribution in [1.29, 1.82) is 0 Å². The topological polar surface area (TPSA) is 86.5 Å². The molecule has 0 bridgehead atoms. The number of rotatable bonds is 5. The van der Waals surface area contributed by atoms with E-state index in [9.17, 15) is 4.79 Å². The number of methoxy groups -OCH3 is 1. The lowest BCUT2D eigenvalue weighted by Crippen LogP contribution is -2.45. The molecule has 1 aliphatic heterocycles. The molecule has 0 aromatic carbocycles. The summed E-state index contributed by atoms with van der Waals surface area (Å²) in [5.74, 6) is -0.0828. The second-order valence-electron chi connectivity index (χ2n) is 4.73. The Morgan fingerprint density at radius 1 is 1.63 bits per heavy atom. The number of anilines is 1. The van der Waals surface area contributed by atoms with Crippen LogP contribution in [-0.2, 0) is 20.7 Å². The maximum atomic E-state index is 11.8. The van der Waals surface area contributed by atoms with Crippen LogP contribution in [0.5, 0.6) is 0 Å². The minimum absolute atomic E-state index is 0.0828. The largest absolute Gasteiger partial charge is 0.397 e. The van der Waals surface area contributed by atoms with Gasteiger partial charge in [-0.25, -0.2) is 0 Å². The van der Waals surface area contributed by atoms with E-state index in [-0.39, 0.29) is 17.9 Å². The molecule has 0 aliphatic carbocycles. The lowest BCUT2D eigenvalue weighted by Gasteiger charge is -2.25. The van der Waals surface area contributed by atoms with Gasteiger partial charge in [0.05, 0.1) is 24.9 Å². The van der Waals surface area contributed by atoms with Gasteiger partial charge in [-0.2, -0.15) is 0 Å². The van der Waals surface area contributed by atoms with Crippen LogP contribution >= 0.6 is 0 Å². The number of amides is 1. The molecule has 0 radical (unpaired) electrons. The van der Waals surface area contributed by atoms with Crippen molar-refractivity contribution in [3.05, 3.63) is 24.0 Å². The van der Waals surface area contributed by atoms with E-state index in [0.29, 0.717) is 31.1 Å². The zero-order valence-corrected chi connectivity index (χ0v) is 11.0. The maximum Gasteiger partial charge on any atom is 0.226 e. The highest BCUT2D eigenvalue weighted by atomic mass is 16.5. The van der Waals surface area contributed by atoms with Crippen molar-refractivity contribution >= 4 is 11.6 Å². The second-order valence-corrected chi connectivity index (χ2v) is 4.73. The van der Waals surface area contributed by atoms with E-state index in [4.69, 9.17) is 15.2 Å². The number of nitrogens with two attached hydrogens (primary N) is 1. The Kier molecular flexibility index (Phi) is 4.34. The molecule has 2 rings (SSSR count). The Morgan fingerprint density at radius 2 is 2.47 bits per heavy atom. The minimum atomic E-state index is -0.385. The smallest absolute Gasteiger partial charge is 0.226 e. The molecule has 1 aliphatic rings. The number of nitrogens with one attached hydrogen (secondary N) is 1. The predicted octanol–water partition coefficient (Wildman–Crippen LogP) is 0.128. The highest BCUT2D eigenvalue weighted by Gasteiger charge is 2.35. The van der Waals surface area contributed by atoms with Gasteiger partial charge in [-0.3, -0.25) is 9.78 Å². The average Bonchev–Trinajstić information content (AvgIpc) is 2.89. The van der Waals surface area contributed by atoms with Crippen LogP contribution in [0.25, 0.3) is 0 Å². The molecule has 104 valence electrons. The normalized spacial score (nSPS) is 22.4. The van der Waals surface area contributed by atoms with Crippen LogP contribution < -0.4 is 11.1 Å². The molecule has 1 amide bonds. The van der Waals surface area contributed by atoms with E-state index in [1.165, 1.54) is 0 Å². The zero-order chi connectivity index (χ0) is 13.7. The van der Waals surface area contributed by atoms with E-state index in [0.717, 1.165) is 6.42 Å². The van der Waals surface area contributed by atoms with Crippen LogP contribution in [0.3, 0.4) is 0 Å². The highest BCUT2D eigenvalue weighted by Crippen LogP contribution is 2.21. The van der Waals surface area contributed by atoms with Crippen LogP contribution in [-0.4, -0.2) is 43.4 Å². The van der Waals surface area contributed by atoms with Gasteiger partial charge >= 0.3 is 0 Å². The summed E-state index contributed by atoms with van der Waals surface area (Å²) in [5.41, 5.74) is 6.44. The van der Waals surface area contributed by atoms with Gasteiger partial charge in [-0.1, -0.05) is 0 Å². The minimum Gasteiger partial charge on any atom is -0.397 e. The molecule has 2 heterocycles. The molecule has 6 heteroatoms. The maximum absolute atomic E-state index is 11.8. The second kappa shape index (κ2) is 5.99. The number of carbonyl (C=O) groups is 1. The molecule has 1 saturated heterocycles. The van der Waals surface area contributed by atoms with Gasteiger partial charge in [0, 0.05) is 32.4 Å².